The van der Waals surface area contributed by atoms with Gasteiger partial charge in [-0.05, 0) is 42.0 Å². The highest BCUT2D eigenvalue weighted by atomic mass is 15.1. The molecular formula is C30H44N2. The largest absolute Gasteiger partial charge is 0.327 e. The number of nitrogens with zero attached hydrogens (tertiary/aromatic N) is 2. The van der Waals surface area contributed by atoms with Gasteiger partial charge in [0, 0.05) is 12.5 Å². The molecule has 0 radical (unpaired) electrons. The topological polar surface area (TPSA) is 17.8 Å². The molecule has 0 bridgehead atoms. The monoisotopic (exact) mass is 432 g/mol. The Bertz CT molecular complexity index is 920. The van der Waals surface area contributed by atoms with E-state index in [1.807, 2.05) is 0 Å². The minimum Gasteiger partial charge on any atom is -0.327 e. The Hall–Kier alpha value is -2.09. The number of benzene rings is 2. The lowest BCUT2D eigenvalue weighted by Gasteiger charge is -2.16. The number of fused-ring (bicyclic) bond motifs is 1. The van der Waals surface area contributed by atoms with Crippen molar-refractivity contribution in [3.63, 3.8) is 0 Å². The second-order valence-electron chi connectivity index (χ2n) is 10.0. The summed E-state index contributed by atoms with van der Waals surface area (Å²) < 4.78 is 2.49. The van der Waals surface area contributed by atoms with E-state index in [1.54, 1.807) is 0 Å². The summed E-state index contributed by atoms with van der Waals surface area (Å²) in [5, 5.41) is 0. The van der Waals surface area contributed by atoms with E-state index >= 15 is 0 Å². The first kappa shape index (κ1) is 24.6. The molecule has 32 heavy (non-hydrogen) atoms. The molecule has 1 unspecified atom stereocenters. The van der Waals surface area contributed by atoms with Crippen LogP contribution in [0.2, 0.25) is 0 Å². The lowest BCUT2D eigenvalue weighted by Crippen LogP contribution is -2.09. The van der Waals surface area contributed by atoms with Gasteiger partial charge in [0.2, 0.25) is 0 Å². The van der Waals surface area contributed by atoms with Gasteiger partial charge in [-0.15, -0.1) is 0 Å². The zero-order valence-corrected chi connectivity index (χ0v) is 20.9. The fourth-order valence-electron chi connectivity index (χ4n) is 4.80. The Morgan fingerprint density at radius 1 is 0.750 bits per heavy atom. The molecule has 0 aliphatic heterocycles. The number of unbranched alkanes of at least 4 members (excludes halogenated alkanes) is 8. The number of hydrogen-bond donors (Lipinski definition) is 0. The molecule has 2 heteroatoms. The first-order valence-corrected chi connectivity index (χ1v) is 13.1. The van der Waals surface area contributed by atoms with E-state index in [0.717, 1.165) is 18.5 Å². The molecule has 3 aromatic rings. The molecule has 0 aliphatic carbocycles. The quantitative estimate of drug-likeness (QED) is 0.232. The van der Waals surface area contributed by atoms with Gasteiger partial charge in [-0.3, -0.25) is 0 Å². The molecule has 0 fully saturated rings. The van der Waals surface area contributed by atoms with Crippen LogP contribution < -0.4 is 0 Å². The van der Waals surface area contributed by atoms with Gasteiger partial charge in [0.05, 0.1) is 11.0 Å². The number of hydrogen-bond acceptors (Lipinski definition) is 1. The summed E-state index contributed by atoms with van der Waals surface area (Å²) in [6.07, 6.45) is 13.4. The molecule has 1 heterocycles. The van der Waals surface area contributed by atoms with E-state index in [-0.39, 0.29) is 0 Å². The van der Waals surface area contributed by atoms with E-state index in [2.05, 4.69) is 80.8 Å². The minimum absolute atomic E-state index is 0.300. The van der Waals surface area contributed by atoms with Gasteiger partial charge in [0.1, 0.15) is 5.82 Å². The molecule has 1 aromatic heterocycles. The van der Waals surface area contributed by atoms with Gasteiger partial charge in [0.15, 0.2) is 0 Å². The third kappa shape index (κ3) is 6.95. The second-order valence-corrected chi connectivity index (χ2v) is 10.0. The van der Waals surface area contributed by atoms with Crippen molar-refractivity contribution in [1.29, 1.82) is 0 Å². The van der Waals surface area contributed by atoms with Crippen molar-refractivity contribution in [1.82, 2.24) is 9.55 Å². The Labute approximate surface area is 196 Å². The highest BCUT2D eigenvalue weighted by Crippen LogP contribution is 2.28. The van der Waals surface area contributed by atoms with Crippen LogP contribution in [0.25, 0.3) is 11.0 Å². The molecule has 0 amide bonds. The normalized spacial score (nSPS) is 12.7. The molecule has 0 saturated carbocycles. The van der Waals surface area contributed by atoms with E-state index in [1.165, 1.54) is 80.3 Å². The molecule has 2 nitrogen and oxygen atoms in total. The van der Waals surface area contributed by atoms with Gasteiger partial charge in [-0.2, -0.15) is 0 Å². The summed E-state index contributed by atoms with van der Waals surface area (Å²) >= 11 is 0. The van der Waals surface area contributed by atoms with Crippen molar-refractivity contribution in [2.75, 3.05) is 0 Å². The van der Waals surface area contributed by atoms with Crippen LogP contribution in [-0.4, -0.2) is 9.55 Å². The summed E-state index contributed by atoms with van der Waals surface area (Å²) in [4.78, 5) is 5.08. The predicted molar refractivity (Wildman–Crippen MR) is 139 cm³/mol. The van der Waals surface area contributed by atoms with E-state index in [9.17, 15) is 0 Å². The average molecular weight is 433 g/mol. The van der Waals surface area contributed by atoms with E-state index < -0.39 is 0 Å². The molecule has 2 aromatic carbocycles. The van der Waals surface area contributed by atoms with Crippen molar-refractivity contribution < 1.29 is 0 Å². The third-order valence-electron chi connectivity index (χ3n) is 6.68. The fraction of sp³-hybridized carbons (Fsp3) is 0.567. The van der Waals surface area contributed by atoms with Crippen molar-refractivity contribution in [3.05, 3.63) is 65.5 Å². The van der Waals surface area contributed by atoms with Crippen molar-refractivity contribution in [2.24, 2.45) is 5.92 Å². The van der Waals surface area contributed by atoms with Crippen LogP contribution in [-0.2, 0) is 13.0 Å². The highest BCUT2D eigenvalue weighted by Gasteiger charge is 2.18. The maximum Gasteiger partial charge on any atom is 0.117 e. The van der Waals surface area contributed by atoms with Crippen molar-refractivity contribution in [2.45, 2.75) is 104 Å². The van der Waals surface area contributed by atoms with Crippen LogP contribution in [0.15, 0.2) is 48.5 Å². The first-order valence-electron chi connectivity index (χ1n) is 13.1. The van der Waals surface area contributed by atoms with Crippen LogP contribution in [0.4, 0.5) is 0 Å². The van der Waals surface area contributed by atoms with E-state index in [0.29, 0.717) is 11.8 Å². The molecule has 0 N–H and O–H groups in total. The number of aromatic nitrogens is 2. The van der Waals surface area contributed by atoms with Crippen LogP contribution >= 0.6 is 0 Å². The smallest absolute Gasteiger partial charge is 0.117 e. The molecule has 174 valence electrons. The van der Waals surface area contributed by atoms with Crippen LogP contribution in [0.1, 0.15) is 108 Å². The molecular weight excluding hydrogens is 388 g/mol. The van der Waals surface area contributed by atoms with Gasteiger partial charge >= 0.3 is 0 Å². The Morgan fingerprint density at radius 2 is 1.38 bits per heavy atom. The first-order chi connectivity index (χ1) is 15.6. The maximum atomic E-state index is 5.08. The molecule has 0 saturated heterocycles. The van der Waals surface area contributed by atoms with Crippen LogP contribution in [0.3, 0.4) is 0 Å². The fourth-order valence-corrected chi connectivity index (χ4v) is 4.80. The molecule has 1 atom stereocenters. The summed E-state index contributed by atoms with van der Waals surface area (Å²) in [6, 6.07) is 17.9. The summed E-state index contributed by atoms with van der Waals surface area (Å²) in [5.41, 5.74) is 5.20. The summed E-state index contributed by atoms with van der Waals surface area (Å²) in [5.74, 6) is 2.20. The maximum absolute atomic E-state index is 5.08. The standard InChI is InChI=1S/C30H44N2/c1-5-6-7-8-9-10-11-12-15-22-32-29-17-14-13-16-28(29)31-30(32)25(4)27-20-18-26(19-21-27)23-24(2)3/h13-14,16-21,24-25H,5-12,15,22-23H2,1-4H3. The second kappa shape index (κ2) is 12.8. The highest BCUT2D eigenvalue weighted by molar-refractivity contribution is 5.76. The lowest BCUT2D eigenvalue weighted by molar-refractivity contribution is 0.533. The number of para-hydroxylation sites is 2. The molecule has 3 rings (SSSR count). The predicted octanol–water partition coefficient (Wildman–Crippen LogP) is 8.92. The van der Waals surface area contributed by atoms with Crippen LogP contribution in [0.5, 0.6) is 0 Å². The zero-order valence-electron chi connectivity index (χ0n) is 20.9. The lowest BCUT2D eigenvalue weighted by atomic mass is 9.96. The minimum atomic E-state index is 0.300. The third-order valence-corrected chi connectivity index (χ3v) is 6.68. The van der Waals surface area contributed by atoms with Crippen molar-refractivity contribution in [3.8, 4) is 0 Å². The van der Waals surface area contributed by atoms with E-state index in [4.69, 9.17) is 4.98 Å². The number of aryl methyl sites for hydroxylation is 1. The zero-order chi connectivity index (χ0) is 22.8. The molecule has 0 aliphatic rings. The Balaban J connectivity index is 1.63. The number of imidazole rings is 1. The van der Waals surface area contributed by atoms with Crippen LogP contribution in [0, 0.1) is 5.92 Å². The van der Waals surface area contributed by atoms with Gasteiger partial charge < -0.3 is 4.57 Å². The Kier molecular flexibility index (Phi) is 9.84. The molecule has 0 spiro atoms. The van der Waals surface area contributed by atoms with Gasteiger partial charge in [-0.1, -0.05) is 115 Å². The van der Waals surface area contributed by atoms with Crippen molar-refractivity contribution >= 4 is 11.0 Å². The Morgan fingerprint density at radius 3 is 2.03 bits per heavy atom. The van der Waals surface area contributed by atoms with Gasteiger partial charge in [0.25, 0.3) is 0 Å². The van der Waals surface area contributed by atoms with Gasteiger partial charge in [-0.25, -0.2) is 4.98 Å². The average Bonchev–Trinajstić information content (AvgIpc) is 3.16. The SMILES string of the molecule is CCCCCCCCCCCn1c(C(C)c2ccc(CC(C)C)cc2)nc2ccccc21. The number of rotatable bonds is 14. The summed E-state index contributed by atoms with van der Waals surface area (Å²) in [6.45, 7) is 10.2. The summed E-state index contributed by atoms with van der Waals surface area (Å²) in [7, 11) is 0.